The van der Waals surface area contributed by atoms with Crippen LogP contribution in [0.2, 0.25) is 18.6 Å². The van der Waals surface area contributed by atoms with Crippen molar-refractivity contribution in [2.24, 2.45) is 5.92 Å². The number of fused-ring (bicyclic) bond motifs is 2. The number of hydrogen-bond donors (Lipinski definition) is 1. The summed E-state index contributed by atoms with van der Waals surface area (Å²) in [6.07, 6.45) is 5.07. The fourth-order valence-electron chi connectivity index (χ4n) is 8.22. The topological polar surface area (TPSA) is 79.3 Å². The van der Waals surface area contributed by atoms with Crippen LogP contribution in [0, 0.1) is 5.92 Å². The summed E-state index contributed by atoms with van der Waals surface area (Å²) < 4.78 is 12.4. The Morgan fingerprint density at radius 2 is 1.67 bits per heavy atom. The Bertz CT molecular complexity index is 1520. The van der Waals surface area contributed by atoms with Crippen LogP contribution in [0.25, 0.3) is 0 Å². The highest BCUT2D eigenvalue weighted by molar-refractivity contribution is 6.91. The van der Waals surface area contributed by atoms with E-state index in [0.717, 1.165) is 60.5 Å². The molecule has 3 aromatic rings. The smallest absolute Gasteiger partial charge is 0.264 e. The molecule has 0 saturated carbocycles. The molecule has 0 aromatic heterocycles. The van der Waals surface area contributed by atoms with Gasteiger partial charge in [0.25, 0.3) is 5.91 Å². The molecule has 1 spiro atoms. The van der Waals surface area contributed by atoms with Gasteiger partial charge in [-0.2, -0.15) is 0 Å². The number of anilines is 2. The van der Waals surface area contributed by atoms with Crippen molar-refractivity contribution in [3.8, 4) is 5.75 Å². The van der Waals surface area contributed by atoms with E-state index in [1.54, 1.807) is 7.11 Å². The minimum absolute atomic E-state index is 0.00246. The van der Waals surface area contributed by atoms with Crippen LogP contribution in [-0.4, -0.2) is 51.4 Å². The van der Waals surface area contributed by atoms with Crippen molar-refractivity contribution >= 4 is 36.4 Å². The van der Waals surface area contributed by atoms with E-state index in [-0.39, 0.29) is 36.0 Å². The lowest BCUT2D eigenvalue weighted by molar-refractivity contribution is -0.146. The molecule has 2 fully saturated rings. The van der Waals surface area contributed by atoms with Crippen LogP contribution in [0.5, 0.6) is 5.75 Å². The molecule has 8 heteroatoms. The summed E-state index contributed by atoms with van der Waals surface area (Å²) in [7, 11) is -0.543. The van der Waals surface area contributed by atoms with E-state index in [0.29, 0.717) is 19.4 Å². The van der Waals surface area contributed by atoms with E-state index < -0.39 is 13.7 Å². The molecule has 3 aliphatic heterocycles. The maximum atomic E-state index is 14.8. The summed E-state index contributed by atoms with van der Waals surface area (Å²) in [6, 6.07) is 24.5. The number of rotatable bonds is 8. The van der Waals surface area contributed by atoms with E-state index in [1.165, 1.54) is 5.19 Å². The fourth-order valence-corrected chi connectivity index (χ4v) is 12.3. The average Bonchev–Trinajstić information content (AvgIpc) is 3.46. The third kappa shape index (κ3) is 5.51. The molecule has 7 nitrogen and oxygen atoms in total. The third-order valence-corrected chi connectivity index (χ3v) is 14.9. The van der Waals surface area contributed by atoms with Crippen LogP contribution in [-0.2, 0) is 26.5 Å². The Morgan fingerprint density at radius 1 is 0.956 bits per heavy atom. The number of aliphatic hydroxyl groups excluding tert-OH is 1. The van der Waals surface area contributed by atoms with Gasteiger partial charge in [0.1, 0.15) is 5.75 Å². The number of aliphatic hydroxyl groups is 1. The Labute approximate surface area is 268 Å². The predicted molar refractivity (Wildman–Crippen MR) is 181 cm³/mol. The highest BCUT2D eigenvalue weighted by atomic mass is 28.3. The first kappa shape index (κ1) is 31.5. The van der Waals surface area contributed by atoms with Gasteiger partial charge < -0.3 is 24.4 Å². The van der Waals surface area contributed by atoms with E-state index in [9.17, 15) is 14.7 Å². The molecule has 0 aliphatic carbocycles. The number of amides is 2. The molecule has 45 heavy (non-hydrogen) atoms. The molecule has 4 atom stereocenters. The van der Waals surface area contributed by atoms with E-state index >= 15 is 0 Å². The van der Waals surface area contributed by atoms with E-state index in [1.807, 2.05) is 70.5 Å². The van der Waals surface area contributed by atoms with Crippen molar-refractivity contribution in [3.05, 3.63) is 83.9 Å². The second kappa shape index (κ2) is 12.7. The summed E-state index contributed by atoms with van der Waals surface area (Å²) in [5, 5.41) is 11.4. The minimum Gasteiger partial charge on any atom is -0.497 e. The lowest BCUT2D eigenvalue weighted by Gasteiger charge is -2.37. The molecular formula is C37H46N2O5Si. The van der Waals surface area contributed by atoms with Crippen molar-refractivity contribution in [2.75, 3.05) is 30.1 Å². The summed E-state index contributed by atoms with van der Waals surface area (Å²) in [4.78, 5) is 31.4. The predicted octanol–water partition coefficient (Wildman–Crippen LogP) is 6.14. The van der Waals surface area contributed by atoms with Crippen molar-refractivity contribution in [1.82, 2.24) is 0 Å². The van der Waals surface area contributed by atoms with Crippen LogP contribution in [0.1, 0.15) is 56.6 Å². The van der Waals surface area contributed by atoms with Crippen LogP contribution in [0.15, 0.2) is 72.8 Å². The Morgan fingerprint density at radius 3 is 2.38 bits per heavy atom. The number of carbonyl (C=O) groups is 2. The normalized spacial score (nSPS) is 25.4. The Balaban J connectivity index is 1.31. The summed E-state index contributed by atoms with van der Waals surface area (Å²) in [5.74, 6) is 0.870. The van der Waals surface area contributed by atoms with Gasteiger partial charge in [0.05, 0.1) is 33.5 Å². The number of benzene rings is 3. The van der Waals surface area contributed by atoms with E-state index in [2.05, 4.69) is 32.2 Å². The first-order valence-electron chi connectivity index (χ1n) is 16.5. The minimum atomic E-state index is -2.22. The quantitative estimate of drug-likeness (QED) is 0.304. The molecule has 3 aliphatic rings. The zero-order valence-corrected chi connectivity index (χ0v) is 28.0. The van der Waals surface area contributed by atoms with Gasteiger partial charge >= 0.3 is 0 Å². The number of nitrogens with zero attached hydrogens (tertiary/aromatic N) is 2. The van der Waals surface area contributed by atoms with Crippen LogP contribution < -0.4 is 19.7 Å². The zero-order chi connectivity index (χ0) is 31.8. The maximum absolute atomic E-state index is 14.8. The zero-order valence-electron chi connectivity index (χ0n) is 27.0. The second-order valence-corrected chi connectivity index (χ2v) is 18.1. The van der Waals surface area contributed by atoms with Gasteiger partial charge in [-0.05, 0) is 60.7 Å². The first-order chi connectivity index (χ1) is 21.7. The maximum Gasteiger partial charge on any atom is 0.264 e. The van der Waals surface area contributed by atoms with Gasteiger partial charge in [0.2, 0.25) is 5.91 Å². The largest absolute Gasteiger partial charge is 0.497 e. The molecule has 238 valence electrons. The average molecular weight is 627 g/mol. The number of methoxy groups -OCH3 is 1. The molecule has 3 heterocycles. The summed E-state index contributed by atoms with van der Waals surface area (Å²) >= 11 is 0. The van der Waals surface area contributed by atoms with Gasteiger partial charge in [0, 0.05) is 36.7 Å². The molecule has 1 N–H and O–H groups in total. The lowest BCUT2D eigenvalue weighted by Crippen LogP contribution is -2.51. The number of para-hydroxylation sites is 1. The summed E-state index contributed by atoms with van der Waals surface area (Å²) in [5.41, 5.74) is 2.70. The molecule has 0 radical (unpaired) electrons. The number of ether oxygens (including phenoxy) is 2. The van der Waals surface area contributed by atoms with Crippen molar-refractivity contribution in [1.29, 1.82) is 0 Å². The molecule has 0 unspecified atom stereocenters. The van der Waals surface area contributed by atoms with Crippen molar-refractivity contribution in [3.63, 3.8) is 0 Å². The third-order valence-electron chi connectivity index (χ3n) is 10.6. The highest BCUT2D eigenvalue weighted by Gasteiger charge is 2.66. The standard InChI is InChI=1S/C37H46N2O5Si/c1-26-35(45(3,4)30-20-18-29(43-2)19-21-30)33(22-24-40)44-37(26)31-11-8-9-12-32(31)39(36(37)42)25-27-14-16-28(17-15-27)38-23-10-6-5-7-13-34(38)41/h8-9,11-12,14-21,26,33,35,40H,5-7,10,13,22-25H2,1-4H3/t26-,33+,35-,37+/m0/s1. The molecule has 0 bridgehead atoms. The number of hydrogen-bond acceptors (Lipinski definition) is 5. The molecule has 2 saturated heterocycles. The monoisotopic (exact) mass is 626 g/mol. The SMILES string of the molecule is COc1ccc([Si](C)(C)[C@@H]2[C@@H](CCO)O[C@]3(C(=O)N(Cc4ccc(N5CCCCCCC5=O)cc4)c4ccccc43)[C@H]2C)cc1. The number of carbonyl (C=O) groups excluding carboxylic acids is 2. The Hall–Kier alpha value is -3.46. The fraction of sp³-hybridized carbons (Fsp3) is 0.459. The summed E-state index contributed by atoms with van der Waals surface area (Å²) in [6.45, 7) is 8.04. The Kier molecular flexibility index (Phi) is 8.92. The van der Waals surface area contributed by atoms with Gasteiger partial charge in [-0.25, -0.2) is 0 Å². The van der Waals surface area contributed by atoms with Crippen LogP contribution in [0.3, 0.4) is 0 Å². The van der Waals surface area contributed by atoms with Gasteiger partial charge in [-0.1, -0.05) is 80.5 Å². The van der Waals surface area contributed by atoms with E-state index in [4.69, 9.17) is 9.47 Å². The molecule has 3 aromatic carbocycles. The van der Waals surface area contributed by atoms with Crippen LogP contribution in [0.4, 0.5) is 11.4 Å². The lowest BCUT2D eigenvalue weighted by atomic mass is 9.82. The van der Waals surface area contributed by atoms with Gasteiger partial charge in [-0.15, -0.1) is 0 Å². The molecule has 6 rings (SSSR count). The van der Waals surface area contributed by atoms with Gasteiger partial charge in [0.15, 0.2) is 5.60 Å². The van der Waals surface area contributed by atoms with Crippen molar-refractivity contribution < 1.29 is 24.2 Å². The molecular weight excluding hydrogens is 581 g/mol. The molecule has 2 amide bonds. The van der Waals surface area contributed by atoms with Gasteiger partial charge in [-0.3, -0.25) is 9.59 Å². The van der Waals surface area contributed by atoms with Crippen LogP contribution >= 0.6 is 0 Å². The first-order valence-corrected chi connectivity index (χ1v) is 19.5. The van der Waals surface area contributed by atoms with Crippen molar-refractivity contribution in [2.45, 2.75) is 82.3 Å². The second-order valence-electron chi connectivity index (χ2n) is 13.5. The highest BCUT2D eigenvalue weighted by Crippen LogP contribution is 2.60.